The molecule has 1 aliphatic heterocycles. The van der Waals surface area contributed by atoms with Crippen molar-refractivity contribution in [1.29, 1.82) is 0 Å². The minimum absolute atomic E-state index is 0.0353. The monoisotopic (exact) mass is 440 g/mol. The highest BCUT2D eigenvalue weighted by Gasteiger charge is 2.35. The number of fused-ring (bicyclic) bond motifs is 1. The standard InChI is InChI=1S/C24H28N2O6/c1-3-31-24(30)18(13-12-17-10-8-16(2)9-11-17)25-19-15-32-21-7-5-4-6-20(21)26(23(19)29)14-22(27)28/h4-11,18-19,25H,3,12-15H2,1-2H3,(H,27,28)/t18?,19-/m0/s1. The molecule has 3 rings (SSSR count). The van der Waals surface area contributed by atoms with Crippen LogP contribution in [-0.2, 0) is 25.5 Å². The smallest absolute Gasteiger partial charge is 0.323 e. The summed E-state index contributed by atoms with van der Waals surface area (Å²) in [5, 5.41) is 12.4. The molecule has 8 heteroatoms. The van der Waals surface area contributed by atoms with Gasteiger partial charge >= 0.3 is 11.9 Å². The van der Waals surface area contributed by atoms with Crippen molar-refractivity contribution < 1.29 is 29.0 Å². The molecule has 32 heavy (non-hydrogen) atoms. The molecule has 0 aliphatic carbocycles. The zero-order valence-corrected chi connectivity index (χ0v) is 18.2. The highest BCUT2D eigenvalue weighted by Crippen LogP contribution is 2.31. The summed E-state index contributed by atoms with van der Waals surface area (Å²) in [6, 6.07) is 13.1. The van der Waals surface area contributed by atoms with Gasteiger partial charge in [-0.15, -0.1) is 0 Å². The van der Waals surface area contributed by atoms with Crippen LogP contribution in [0.3, 0.4) is 0 Å². The normalized spacial score (nSPS) is 16.5. The molecule has 2 aromatic rings. The summed E-state index contributed by atoms with van der Waals surface area (Å²) in [6.45, 7) is 3.40. The number of rotatable bonds is 9. The quantitative estimate of drug-likeness (QED) is 0.577. The van der Waals surface area contributed by atoms with E-state index in [9.17, 15) is 19.5 Å². The van der Waals surface area contributed by atoms with Crippen LogP contribution in [0.5, 0.6) is 5.75 Å². The minimum Gasteiger partial charge on any atom is -0.489 e. The van der Waals surface area contributed by atoms with Crippen LogP contribution >= 0.6 is 0 Å². The van der Waals surface area contributed by atoms with Gasteiger partial charge in [-0.1, -0.05) is 42.0 Å². The number of carboxylic acids is 1. The van der Waals surface area contributed by atoms with Crippen LogP contribution in [0.1, 0.15) is 24.5 Å². The molecule has 0 saturated carbocycles. The molecule has 1 heterocycles. The Morgan fingerprint density at radius 1 is 1.22 bits per heavy atom. The van der Waals surface area contributed by atoms with Gasteiger partial charge in [0.25, 0.3) is 0 Å². The number of carbonyl (C=O) groups excluding carboxylic acids is 2. The molecule has 1 amide bonds. The zero-order valence-electron chi connectivity index (χ0n) is 18.2. The number of aryl methyl sites for hydroxylation is 2. The second kappa shape index (κ2) is 10.8. The van der Waals surface area contributed by atoms with Crippen LogP contribution in [-0.4, -0.2) is 54.8 Å². The van der Waals surface area contributed by atoms with E-state index in [1.165, 1.54) is 4.90 Å². The van der Waals surface area contributed by atoms with Crippen molar-refractivity contribution in [3.05, 3.63) is 59.7 Å². The lowest BCUT2D eigenvalue weighted by atomic mass is 10.0. The lowest BCUT2D eigenvalue weighted by Gasteiger charge is -2.26. The van der Waals surface area contributed by atoms with E-state index in [2.05, 4.69) is 5.32 Å². The Morgan fingerprint density at radius 3 is 2.62 bits per heavy atom. The van der Waals surface area contributed by atoms with Crippen molar-refractivity contribution in [2.45, 2.75) is 38.8 Å². The highest BCUT2D eigenvalue weighted by molar-refractivity contribution is 6.02. The third kappa shape index (κ3) is 5.85. The molecule has 8 nitrogen and oxygen atoms in total. The van der Waals surface area contributed by atoms with E-state index in [-0.39, 0.29) is 13.2 Å². The third-order valence-corrected chi connectivity index (χ3v) is 5.23. The number of anilines is 1. The summed E-state index contributed by atoms with van der Waals surface area (Å²) in [5.74, 6) is -1.66. The fraction of sp³-hybridized carbons (Fsp3) is 0.375. The average molecular weight is 440 g/mol. The van der Waals surface area contributed by atoms with Gasteiger partial charge in [0.15, 0.2) is 0 Å². The first-order valence-corrected chi connectivity index (χ1v) is 10.6. The van der Waals surface area contributed by atoms with Gasteiger partial charge in [-0.2, -0.15) is 0 Å². The molecule has 0 aromatic heterocycles. The van der Waals surface area contributed by atoms with Gasteiger partial charge in [-0.3, -0.25) is 24.6 Å². The lowest BCUT2D eigenvalue weighted by Crippen LogP contribution is -2.55. The Balaban J connectivity index is 1.79. The number of aliphatic carboxylic acids is 1. The number of nitrogens with one attached hydrogen (secondary N) is 1. The molecule has 2 N–H and O–H groups in total. The second-order valence-electron chi connectivity index (χ2n) is 7.65. The largest absolute Gasteiger partial charge is 0.489 e. The van der Waals surface area contributed by atoms with Gasteiger partial charge in [0.05, 0.1) is 12.3 Å². The summed E-state index contributed by atoms with van der Waals surface area (Å²) in [4.78, 5) is 38.4. The van der Waals surface area contributed by atoms with Crippen molar-refractivity contribution in [2.75, 3.05) is 24.7 Å². The number of carbonyl (C=O) groups is 3. The van der Waals surface area contributed by atoms with Gasteiger partial charge < -0.3 is 14.6 Å². The van der Waals surface area contributed by atoms with Crippen molar-refractivity contribution >= 4 is 23.5 Å². The van der Waals surface area contributed by atoms with Crippen LogP contribution in [0, 0.1) is 6.92 Å². The maximum absolute atomic E-state index is 13.2. The van der Waals surface area contributed by atoms with Crippen LogP contribution in [0.25, 0.3) is 0 Å². The second-order valence-corrected chi connectivity index (χ2v) is 7.65. The Kier molecular flexibility index (Phi) is 7.83. The summed E-state index contributed by atoms with van der Waals surface area (Å²) < 4.78 is 11.0. The van der Waals surface area contributed by atoms with E-state index in [0.717, 1.165) is 11.1 Å². The molecule has 1 unspecified atom stereocenters. The molecule has 2 atom stereocenters. The number of nitrogens with zero attached hydrogens (tertiary/aromatic N) is 1. The van der Waals surface area contributed by atoms with Crippen molar-refractivity contribution in [2.24, 2.45) is 0 Å². The molecule has 170 valence electrons. The molecule has 0 fully saturated rings. The fourth-order valence-electron chi connectivity index (χ4n) is 3.59. The first-order chi connectivity index (χ1) is 15.4. The van der Waals surface area contributed by atoms with E-state index in [4.69, 9.17) is 9.47 Å². The number of hydrogen-bond acceptors (Lipinski definition) is 6. The Hall–Kier alpha value is -3.39. The van der Waals surface area contributed by atoms with Crippen LogP contribution < -0.4 is 15.0 Å². The summed E-state index contributed by atoms with van der Waals surface area (Å²) in [5.41, 5.74) is 2.60. The summed E-state index contributed by atoms with van der Waals surface area (Å²) >= 11 is 0. The third-order valence-electron chi connectivity index (χ3n) is 5.23. The van der Waals surface area contributed by atoms with Crippen LogP contribution in [0.4, 0.5) is 5.69 Å². The first kappa shape index (κ1) is 23.3. The van der Waals surface area contributed by atoms with E-state index in [1.54, 1.807) is 31.2 Å². The van der Waals surface area contributed by atoms with E-state index >= 15 is 0 Å². The average Bonchev–Trinajstić information content (AvgIpc) is 2.89. The first-order valence-electron chi connectivity index (χ1n) is 10.6. The molecule has 0 radical (unpaired) electrons. The molecule has 0 saturated heterocycles. The number of esters is 1. The van der Waals surface area contributed by atoms with Gasteiger partial charge in [-0.25, -0.2) is 0 Å². The van der Waals surface area contributed by atoms with Crippen molar-refractivity contribution in [3.63, 3.8) is 0 Å². The SMILES string of the molecule is CCOC(=O)C(CCc1ccc(C)cc1)N[C@H]1COc2ccccc2N(CC(=O)O)C1=O. The fourth-order valence-corrected chi connectivity index (χ4v) is 3.59. The van der Waals surface area contributed by atoms with E-state index in [1.807, 2.05) is 31.2 Å². The predicted octanol–water partition coefficient (Wildman–Crippen LogP) is 2.33. The zero-order chi connectivity index (χ0) is 23.1. The lowest BCUT2D eigenvalue weighted by molar-refractivity contribution is -0.146. The van der Waals surface area contributed by atoms with E-state index in [0.29, 0.717) is 24.3 Å². The Morgan fingerprint density at radius 2 is 1.94 bits per heavy atom. The Labute approximate surface area is 187 Å². The van der Waals surface area contributed by atoms with Gasteiger partial charge in [0.1, 0.15) is 31.0 Å². The number of ether oxygens (including phenoxy) is 2. The van der Waals surface area contributed by atoms with Gasteiger partial charge in [0, 0.05) is 0 Å². The Bertz CT molecular complexity index is 959. The molecular formula is C24H28N2O6. The molecule has 1 aliphatic rings. The van der Waals surface area contributed by atoms with Crippen LogP contribution in [0.2, 0.25) is 0 Å². The number of para-hydroxylation sites is 2. The summed E-state index contributed by atoms with van der Waals surface area (Å²) in [7, 11) is 0. The topological polar surface area (TPSA) is 105 Å². The minimum atomic E-state index is -1.14. The molecule has 0 spiro atoms. The number of carboxylic acid groups (broad SMARTS) is 1. The van der Waals surface area contributed by atoms with Crippen molar-refractivity contribution in [1.82, 2.24) is 5.32 Å². The van der Waals surface area contributed by atoms with Gasteiger partial charge in [-0.05, 0) is 44.4 Å². The highest BCUT2D eigenvalue weighted by atomic mass is 16.5. The molecule has 2 aromatic carbocycles. The number of benzene rings is 2. The van der Waals surface area contributed by atoms with Crippen molar-refractivity contribution in [3.8, 4) is 5.75 Å². The van der Waals surface area contributed by atoms with Crippen LogP contribution in [0.15, 0.2) is 48.5 Å². The summed E-state index contributed by atoms with van der Waals surface area (Å²) in [6.07, 6.45) is 1.02. The predicted molar refractivity (Wildman–Crippen MR) is 119 cm³/mol. The maximum atomic E-state index is 13.2. The molecule has 0 bridgehead atoms. The van der Waals surface area contributed by atoms with Gasteiger partial charge in [0.2, 0.25) is 5.91 Å². The van der Waals surface area contributed by atoms with E-state index < -0.39 is 36.5 Å². The maximum Gasteiger partial charge on any atom is 0.323 e. The number of amides is 1. The number of hydrogen-bond donors (Lipinski definition) is 2. The molecular weight excluding hydrogens is 412 g/mol.